The first-order chi connectivity index (χ1) is 10.2. The summed E-state index contributed by atoms with van der Waals surface area (Å²) in [5, 5.41) is 0. The Kier molecular flexibility index (Phi) is 3.88. The van der Waals surface area contributed by atoms with Crippen molar-refractivity contribution in [1.82, 2.24) is 9.97 Å². The molecule has 6 heteroatoms. The second-order valence-corrected chi connectivity index (χ2v) is 5.78. The van der Waals surface area contributed by atoms with Gasteiger partial charge in [-0.3, -0.25) is 4.79 Å². The fourth-order valence-electron chi connectivity index (χ4n) is 2.38. The summed E-state index contributed by atoms with van der Waals surface area (Å²) in [6, 6.07) is 5.71. The van der Waals surface area contributed by atoms with Crippen molar-refractivity contribution in [3.63, 3.8) is 0 Å². The molecule has 1 aliphatic heterocycles. The Morgan fingerprint density at radius 1 is 1.24 bits per heavy atom. The van der Waals surface area contributed by atoms with Gasteiger partial charge in [0.05, 0.1) is 19.9 Å². The first-order valence-electron chi connectivity index (χ1n) is 6.61. The smallest absolute Gasteiger partial charge is 0.255 e. The van der Waals surface area contributed by atoms with E-state index in [1.165, 1.54) is 0 Å². The lowest BCUT2D eigenvalue weighted by molar-refractivity contribution is 0.354. The molecule has 21 heavy (non-hydrogen) atoms. The zero-order chi connectivity index (χ0) is 14.8. The van der Waals surface area contributed by atoms with Gasteiger partial charge in [-0.05, 0) is 17.7 Å². The van der Waals surface area contributed by atoms with Crippen LogP contribution in [0.2, 0.25) is 0 Å². The Morgan fingerprint density at radius 3 is 2.81 bits per heavy atom. The molecular weight excluding hydrogens is 288 g/mol. The molecule has 3 rings (SSSR count). The van der Waals surface area contributed by atoms with Gasteiger partial charge in [0.2, 0.25) is 0 Å². The molecule has 0 saturated carbocycles. The zero-order valence-electron chi connectivity index (χ0n) is 11.9. The molecule has 1 N–H and O–H groups in total. The van der Waals surface area contributed by atoms with Crippen LogP contribution in [-0.2, 0) is 17.9 Å². The van der Waals surface area contributed by atoms with Crippen molar-refractivity contribution in [2.75, 3.05) is 14.2 Å². The number of aromatic nitrogens is 2. The maximum Gasteiger partial charge on any atom is 0.255 e. The van der Waals surface area contributed by atoms with Gasteiger partial charge >= 0.3 is 0 Å². The Labute approximate surface area is 126 Å². The van der Waals surface area contributed by atoms with Crippen LogP contribution in [0, 0.1) is 0 Å². The van der Waals surface area contributed by atoms with Crippen LogP contribution in [0.3, 0.4) is 0 Å². The normalized spacial score (nSPS) is 13.0. The average molecular weight is 304 g/mol. The van der Waals surface area contributed by atoms with Crippen molar-refractivity contribution in [2.45, 2.75) is 17.9 Å². The van der Waals surface area contributed by atoms with Crippen molar-refractivity contribution >= 4 is 11.8 Å². The van der Waals surface area contributed by atoms with E-state index in [0.717, 1.165) is 28.3 Å². The molecule has 0 bridgehead atoms. The number of fused-ring (bicyclic) bond motifs is 1. The Bertz CT molecular complexity index is 727. The molecular formula is C15H16N2O3S. The summed E-state index contributed by atoms with van der Waals surface area (Å²) in [7, 11) is 3.21. The van der Waals surface area contributed by atoms with Crippen LogP contribution in [0.5, 0.6) is 11.5 Å². The predicted octanol–water partition coefficient (Wildman–Crippen LogP) is 2.12. The zero-order valence-corrected chi connectivity index (χ0v) is 12.8. The summed E-state index contributed by atoms with van der Waals surface area (Å²) in [5.41, 5.74) is 2.73. The summed E-state index contributed by atoms with van der Waals surface area (Å²) >= 11 is 1.72. The fraction of sp³-hybridized carbons (Fsp3) is 0.333. The average Bonchev–Trinajstić information content (AvgIpc) is 2.96. The monoisotopic (exact) mass is 304 g/mol. The molecule has 1 aromatic heterocycles. The summed E-state index contributed by atoms with van der Waals surface area (Å²) < 4.78 is 10.5. The van der Waals surface area contributed by atoms with Crippen molar-refractivity contribution in [2.24, 2.45) is 0 Å². The third kappa shape index (κ3) is 2.76. The molecule has 0 radical (unpaired) electrons. The maximum absolute atomic E-state index is 12.0. The molecule has 2 heterocycles. The highest BCUT2D eigenvalue weighted by atomic mass is 32.2. The van der Waals surface area contributed by atoms with E-state index in [9.17, 15) is 4.79 Å². The van der Waals surface area contributed by atoms with Gasteiger partial charge in [0.1, 0.15) is 5.82 Å². The van der Waals surface area contributed by atoms with E-state index in [0.29, 0.717) is 23.7 Å². The standard InChI is InChI=1S/C15H16N2O3S/c1-19-12-4-3-9(5-13(12)20-2)6-14-16-11-8-21-7-10(11)15(18)17-14/h3-5H,6-8H2,1-2H3,(H,16,17,18). The van der Waals surface area contributed by atoms with Crippen molar-refractivity contribution in [1.29, 1.82) is 0 Å². The Morgan fingerprint density at radius 2 is 2.05 bits per heavy atom. The number of nitrogens with one attached hydrogen (secondary N) is 1. The van der Waals surface area contributed by atoms with Gasteiger partial charge < -0.3 is 14.5 Å². The third-order valence-corrected chi connectivity index (χ3v) is 4.43. The number of nitrogens with zero attached hydrogens (tertiary/aromatic N) is 1. The van der Waals surface area contributed by atoms with Crippen LogP contribution in [0.15, 0.2) is 23.0 Å². The van der Waals surface area contributed by atoms with E-state index in [4.69, 9.17) is 9.47 Å². The molecule has 0 unspecified atom stereocenters. The van der Waals surface area contributed by atoms with E-state index >= 15 is 0 Å². The van der Waals surface area contributed by atoms with E-state index < -0.39 is 0 Å². The molecule has 1 aromatic carbocycles. The van der Waals surface area contributed by atoms with E-state index in [2.05, 4.69) is 9.97 Å². The van der Waals surface area contributed by atoms with Crippen molar-refractivity contribution in [3.05, 3.63) is 51.2 Å². The highest BCUT2D eigenvalue weighted by Gasteiger charge is 2.17. The van der Waals surface area contributed by atoms with Gasteiger partial charge in [0, 0.05) is 23.5 Å². The lowest BCUT2D eigenvalue weighted by Crippen LogP contribution is -2.17. The number of hydrogen-bond donors (Lipinski definition) is 1. The van der Waals surface area contributed by atoms with Gasteiger partial charge in [-0.25, -0.2) is 4.98 Å². The lowest BCUT2D eigenvalue weighted by Gasteiger charge is -2.09. The molecule has 2 aromatic rings. The minimum Gasteiger partial charge on any atom is -0.493 e. The van der Waals surface area contributed by atoms with Gasteiger partial charge in [0.25, 0.3) is 5.56 Å². The van der Waals surface area contributed by atoms with Crippen molar-refractivity contribution in [3.8, 4) is 11.5 Å². The largest absolute Gasteiger partial charge is 0.493 e. The third-order valence-electron chi connectivity index (χ3n) is 3.45. The van der Waals surface area contributed by atoms with Gasteiger partial charge in [0.15, 0.2) is 11.5 Å². The van der Waals surface area contributed by atoms with Crippen LogP contribution in [0.1, 0.15) is 22.6 Å². The van der Waals surface area contributed by atoms with Crippen LogP contribution in [0.25, 0.3) is 0 Å². The highest BCUT2D eigenvalue weighted by molar-refractivity contribution is 7.98. The highest BCUT2D eigenvalue weighted by Crippen LogP contribution is 2.29. The first-order valence-corrected chi connectivity index (χ1v) is 7.76. The number of H-pyrrole nitrogens is 1. The fourth-order valence-corrected chi connectivity index (χ4v) is 3.42. The summed E-state index contributed by atoms with van der Waals surface area (Å²) in [6.07, 6.45) is 0.563. The molecule has 0 fully saturated rings. The minimum atomic E-state index is -0.0134. The second kappa shape index (κ2) is 5.81. The number of rotatable bonds is 4. The molecule has 0 atom stereocenters. The number of benzene rings is 1. The topological polar surface area (TPSA) is 64.2 Å². The van der Waals surface area contributed by atoms with Gasteiger partial charge in [-0.2, -0.15) is 11.8 Å². The minimum absolute atomic E-state index is 0.0134. The lowest BCUT2D eigenvalue weighted by atomic mass is 10.1. The number of ether oxygens (including phenoxy) is 2. The summed E-state index contributed by atoms with van der Waals surface area (Å²) in [6.45, 7) is 0. The summed E-state index contributed by atoms with van der Waals surface area (Å²) in [4.78, 5) is 19.4. The SMILES string of the molecule is COc1ccc(Cc2nc3c(c(=O)[nH]2)CSC3)cc1OC. The number of hydrogen-bond acceptors (Lipinski definition) is 5. The number of thioether (sulfide) groups is 1. The molecule has 0 amide bonds. The van der Waals surface area contributed by atoms with Gasteiger partial charge in [-0.1, -0.05) is 6.07 Å². The molecule has 110 valence electrons. The maximum atomic E-state index is 12.0. The van der Waals surface area contributed by atoms with E-state index in [1.54, 1.807) is 26.0 Å². The quantitative estimate of drug-likeness (QED) is 0.937. The van der Waals surface area contributed by atoms with Crippen LogP contribution < -0.4 is 15.0 Å². The second-order valence-electron chi connectivity index (χ2n) is 4.80. The summed E-state index contributed by atoms with van der Waals surface area (Å²) in [5.74, 6) is 3.63. The van der Waals surface area contributed by atoms with E-state index in [1.807, 2.05) is 18.2 Å². The predicted molar refractivity (Wildman–Crippen MR) is 82.2 cm³/mol. The van der Waals surface area contributed by atoms with Gasteiger partial charge in [-0.15, -0.1) is 0 Å². The van der Waals surface area contributed by atoms with E-state index in [-0.39, 0.29) is 5.56 Å². The molecule has 0 aliphatic carbocycles. The van der Waals surface area contributed by atoms with Crippen LogP contribution in [0.4, 0.5) is 0 Å². The Hall–Kier alpha value is -1.95. The number of aromatic amines is 1. The number of methoxy groups -OCH3 is 2. The van der Waals surface area contributed by atoms with Crippen molar-refractivity contribution < 1.29 is 9.47 Å². The molecule has 5 nitrogen and oxygen atoms in total. The van der Waals surface area contributed by atoms with Crippen LogP contribution in [-0.4, -0.2) is 24.2 Å². The van der Waals surface area contributed by atoms with Crippen LogP contribution >= 0.6 is 11.8 Å². The Balaban J connectivity index is 1.90. The first kappa shape index (κ1) is 14.0. The molecule has 1 aliphatic rings. The molecule has 0 spiro atoms. The molecule has 0 saturated heterocycles.